The zero-order valence-electron chi connectivity index (χ0n) is 49.2. The van der Waals surface area contributed by atoms with Crippen molar-refractivity contribution >= 4 is 46.6 Å². The molecular weight excluding hydrogens is 1170 g/mol. The molecule has 1 unspecified atom stereocenters. The number of fused-ring (bicyclic) bond motifs is 2. The summed E-state index contributed by atoms with van der Waals surface area (Å²) in [5.74, 6) is -7.32. The lowest BCUT2D eigenvalue weighted by atomic mass is 9.53. The SMILES string of the molecule is CC(=O)[O-].CC(=O)[O-].CC(=O)[O-].O=C(O)c1cc(C(F)(F)F)ccc1O.O=C([O-])C12c3ccccc3C(c3ccccc31)c1ccccc12.O=C([O-])C1CC2c3ccccc3C1c1ccccc12.Oc1ccccc1.c1ccc2ccccc2c1.c1ccccc1. The third kappa shape index (κ3) is 17.5. The summed E-state index contributed by atoms with van der Waals surface area (Å²) in [5, 5.41) is 79.2. The molecule has 0 heterocycles. The van der Waals surface area contributed by atoms with Gasteiger partial charge in [-0.3, -0.25) is 0 Å². The first-order chi connectivity index (χ1) is 43.4. The summed E-state index contributed by atoms with van der Waals surface area (Å²) < 4.78 is 36.3. The Balaban J connectivity index is 0.000000175. The lowest BCUT2D eigenvalue weighted by molar-refractivity contribution is -0.313. The third-order valence-corrected chi connectivity index (χ3v) is 14.6. The maximum Gasteiger partial charge on any atom is 0.416 e. The molecule has 10 aromatic carbocycles. The van der Waals surface area contributed by atoms with E-state index in [0.29, 0.717) is 30.4 Å². The van der Waals surface area contributed by atoms with Crippen molar-refractivity contribution < 1.29 is 82.8 Å². The van der Waals surface area contributed by atoms with E-state index in [1.165, 1.54) is 33.0 Å². The molecule has 17 heteroatoms. The molecule has 466 valence electrons. The highest BCUT2D eigenvalue weighted by Gasteiger charge is 2.52. The van der Waals surface area contributed by atoms with Crippen LogP contribution in [0.3, 0.4) is 0 Å². The Hall–Kier alpha value is -11.3. The van der Waals surface area contributed by atoms with E-state index in [2.05, 4.69) is 72.8 Å². The van der Waals surface area contributed by atoms with E-state index < -0.39 is 70.2 Å². The third-order valence-electron chi connectivity index (χ3n) is 14.6. The lowest BCUT2D eigenvalue weighted by Gasteiger charge is -2.51. The summed E-state index contributed by atoms with van der Waals surface area (Å²) in [6.45, 7) is 2.92. The fraction of sp³-hybridized carbons (Fsp3) is 0.135. The van der Waals surface area contributed by atoms with E-state index in [0.717, 1.165) is 54.2 Å². The topological polar surface area (TPSA) is 278 Å². The summed E-state index contributed by atoms with van der Waals surface area (Å²) in [6, 6.07) is 79.2. The van der Waals surface area contributed by atoms with Crippen molar-refractivity contribution in [1.29, 1.82) is 0 Å². The Labute approximate surface area is 522 Å². The zero-order chi connectivity index (χ0) is 66.4. The monoisotopic (exact) mass is 1230 g/mol. The fourth-order valence-corrected chi connectivity index (χ4v) is 11.2. The van der Waals surface area contributed by atoms with Crippen LogP contribution in [0, 0.1) is 5.92 Å². The molecule has 6 aliphatic rings. The molecule has 0 aromatic heterocycles. The van der Waals surface area contributed by atoms with Crippen LogP contribution in [0.4, 0.5) is 13.2 Å². The van der Waals surface area contributed by atoms with Gasteiger partial charge in [-0.15, -0.1) is 0 Å². The largest absolute Gasteiger partial charge is 0.550 e. The predicted molar refractivity (Wildman–Crippen MR) is 325 cm³/mol. The van der Waals surface area contributed by atoms with E-state index in [-0.39, 0.29) is 17.8 Å². The molecule has 6 aliphatic carbocycles. The van der Waals surface area contributed by atoms with Crippen LogP contribution >= 0.6 is 0 Å². The van der Waals surface area contributed by atoms with Crippen LogP contribution in [0.15, 0.2) is 255 Å². The van der Waals surface area contributed by atoms with Crippen molar-refractivity contribution in [3.8, 4) is 11.5 Å². The van der Waals surface area contributed by atoms with Gasteiger partial charge in [0.05, 0.1) is 16.9 Å². The van der Waals surface area contributed by atoms with Crippen molar-refractivity contribution in [2.45, 2.75) is 56.5 Å². The highest BCUT2D eigenvalue weighted by atomic mass is 19.4. The molecule has 0 saturated carbocycles. The first kappa shape index (κ1) is 68.8. The normalized spacial score (nSPS) is 16.2. The molecule has 91 heavy (non-hydrogen) atoms. The summed E-state index contributed by atoms with van der Waals surface area (Å²) in [6.07, 6.45) is -3.95. The summed E-state index contributed by atoms with van der Waals surface area (Å²) >= 11 is 0. The summed E-state index contributed by atoms with van der Waals surface area (Å²) in [4.78, 5) is 61.0. The van der Waals surface area contributed by atoms with Crippen LogP contribution in [0.5, 0.6) is 11.5 Å². The van der Waals surface area contributed by atoms with Gasteiger partial charge in [-0.05, 0) is 124 Å². The minimum absolute atomic E-state index is 0.0394. The number of benzene rings is 10. The fourth-order valence-electron chi connectivity index (χ4n) is 11.2. The van der Waals surface area contributed by atoms with E-state index in [1.54, 1.807) is 24.3 Å². The Morgan fingerprint density at radius 3 is 1.04 bits per heavy atom. The average molecular weight is 1230 g/mol. The molecule has 0 spiro atoms. The number of rotatable bonds is 3. The van der Waals surface area contributed by atoms with Crippen LogP contribution in [0.25, 0.3) is 10.8 Å². The van der Waals surface area contributed by atoms with Crippen molar-refractivity contribution in [2.24, 2.45) is 5.92 Å². The molecule has 0 amide bonds. The van der Waals surface area contributed by atoms with Crippen molar-refractivity contribution in [3.05, 3.63) is 322 Å². The van der Waals surface area contributed by atoms with Gasteiger partial charge in [-0.25, -0.2) is 4.79 Å². The lowest BCUT2D eigenvalue weighted by Crippen LogP contribution is -2.53. The van der Waals surface area contributed by atoms with Crippen LogP contribution < -0.4 is 25.5 Å². The molecule has 3 N–H and O–H groups in total. The number of hydrogen-bond donors (Lipinski definition) is 3. The van der Waals surface area contributed by atoms with Gasteiger partial charge in [0.1, 0.15) is 17.1 Å². The van der Waals surface area contributed by atoms with Gasteiger partial charge in [-0.1, -0.05) is 224 Å². The summed E-state index contributed by atoms with van der Waals surface area (Å²) in [7, 11) is 0. The van der Waals surface area contributed by atoms with Gasteiger partial charge in [0.15, 0.2) is 0 Å². The number of carbonyl (C=O) groups is 6. The van der Waals surface area contributed by atoms with Gasteiger partial charge in [-0.2, -0.15) is 13.2 Å². The standard InChI is InChI=1S/C21H14O2.C17H14O2.C10H8.C8H5F3O3.C6H6O.C6H6.3C2H4O2/c22-20(23)21-16-10-4-1-7-13(16)19(14-8-2-5-11-17(14)21)15-9-3-6-12-18(15)21;18-17(19)15-9-14-10-5-1-3-7-12(10)16(15)13-8-4-2-6-11(13)14;1-2-6-10-8-4-3-7-9(10)5-1;9-8(10,11)4-1-2-6(12)5(3-4)7(13)14;7-6-4-2-1-3-5-6;1-2-4-6-5-3-1;3*1-2(3)4/h1-12,19H,(H,22,23);1-8,14-16H,9H2,(H,18,19);1-8H;1-3,12H,(H,13,14);1-5,7H;1-6H;3*1H3,(H,3,4)/p-5. The summed E-state index contributed by atoms with van der Waals surface area (Å²) in [5.41, 5.74) is 7.64. The quantitative estimate of drug-likeness (QED) is 0.149. The van der Waals surface area contributed by atoms with E-state index >= 15 is 0 Å². The molecule has 10 aromatic rings. The molecule has 14 nitrogen and oxygen atoms in total. The highest BCUT2D eigenvalue weighted by molar-refractivity contribution is 5.95. The first-order valence-electron chi connectivity index (χ1n) is 28.1. The van der Waals surface area contributed by atoms with Gasteiger partial charge in [0, 0.05) is 47.5 Å². The second kappa shape index (κ2) is 32.1. The Kier molecular flexibility index (Phi) is 24.2. The molecule has 4 bridgehead atoms. The molecule has 1 atom stereocenters. The van der Waals surface area contributed by atoms with E-state index in [4.69, 9.17) is 45.0 Å². The molecule has 16 rings (SSSR count). The average Bonchev–Trinajstić information content (AvgIpc) is 0.685. The van der Waals surface area contributed by atoms with Gasteiger partial charge in [0.2, 0.25) is 0 Å². The number of alkyl halides is 3. The number of phenolic OH excluding ortho intramolecular Hbond substituents is 1. The number of aromatic hydroxyl groups is 2. The number of aromatic carboxylic acids is 1. The minimum atomic E-state index is -4.61. The van der Waals surface area contributed by atoms with Crippen LogP contribution in [0.1, 0.15) is 117 Å². The maximum atomic E-state index is 12.5. The van der Waals surface area contributed by atoms with E-state index in [1.807, 2.05) is 140 Å². The number of carboxylic acid groups (broad SMARTS) is 6. The molecule has 0 aliphatic heterocycles. The number of halogens is 3. The second-order valence-electron chi connectivity index (χ2n) is 20.5. The number of aliphatic carboxylic acids is 5. The number of phenols is 2. The second-order valence-corrected chi connectivity index (χ2v) is 20.5. The zero-order valence-corrected chi connectivity index (χ0v) is 49.2. The highest BCUT2D eigenvalue weighted by Crippen LogP contribution is 2.59. The number of para-hydroxylation sites is 1. The molecule has 0 radical (unpaired) electrons. The number of carboxylic acids is 6. The first-order valence-corrected chi connectivity index (χ1v) is 28.1. The predicted octanol–water partition coefficient (Wildman–Crippen LogP) is 8.91. The van der Waals surface area contributed by atoms with Gasteiger partial charge < -0.3 is 64.8 Å². The van der Waals surface area contributed by atoms with Crippen molar-refractivity contribution in [3.63, 3.8) is 0 Å². The minimum Gasteiger partial charge on any atom is -0.550 e. The molecule has 0 fully saturated rings. The molecule has 0 saturated heterocycles. The van der Waals surface area contributed by atoms with Gasteiger partial charge >= 0.3 is 12.1 Å². The van der Waals surface area contributed by atoms with Crippen LogP contribution in [-0.4, -0.2) is 51.1 Å². The van der Waals surface area contributed by atoms with Gasteiger partial charge in [0.25, 0.3) is 0 Å². The smallest absolute Gasteiger partial charge is 0.416 e. The van der Waals surface area contributed by atoms with Crippen LogP contribution in [0.2, 0.25) is 0 Å². The van der Waals surface area contributed by atoms with Crippen molar-refractivity contribution in [2.75, 3.05) is 0 Å². The Morgan fingerprint density at radius 1 is 0.429 bits per heavy atom. The number of carbonyl (C=O) groups excluding carboxylic acids is 5. The maximum absolute atomic E-state index is 12.5. The Morgan fingerprint density at radius 2 is 0.736 bits per heavy atom. The van der Waals surface area contributed by atoms with Crippen molar-refractivity contribution in [1.82, 2.24) is 0 Å². The Bertz CT molecular complexity index is 3820. The molecular formula is C74H60F3O14-5. The van der Waals surface area contributed by atoms with E-state index in [9.17, 15) is 37.8 Å². The van der Waals surface area contributed by atoms with Crippen LogP contribution in [-0.2, 0) is 35.6 Å². The number of hydrogen-bond acceptors (Lipinski definition) is 13.